The minimum Gasteiger partial charge on any atom is -0.294 e. The monoisotopic (exact) mass is 335 g/mol. The average Bonchev–Trinajstić information content (AvgIpc) is 2.64. The average molecular weight is 336 g/mol. The van der Waals surface area contributed by atoms with Crippen LogP contribution < -0.4 is 0 Å². The standard InChI is InChI=1S/C16H22BrN3/c1-19-16-9-5-4-8-14(16)15(18-19)12-20-10-6-2-3-7-13(20)11-17/h4-5,8-9,13H,2-3,6-7,10-12H2,1H3. The lowest BCUT2D eigenvalue weighted by Crippen LogP contribution is -2.35. The molecular weight excluding hydrogens is 314 g/mol. The van der Waals surface area contributed by atoms with Crippen molar-refractivity contribution in [1.29, 1.82) is 0 Å². The molecule has 3 rings (SSSR count). The first kappa shape index (κ1) is 14.1. The highest BCUT2D eigenvalue weighted by atomic mass is 79.9. The fourth-order valence-electron chi connectivity index (χ4n) is 3.22. The lowest BCUT2D eigenvalue weighted by Gasteiger charge is -2.27. The van der Waals surface area contributed by atoms with Crippen molar-refractivity contribution >= 4 is 26.8 Å². The first-order valence-electron chi connectivity index (χ1n) is 7.50. The first-order chi connectivity index (χ1) is 9.79. The molecular formula is C16H22BrN3. The van der Waals surface area contributed by atoms with Crippen LogP contribution in [0.5, 0.6) is 0 Å². The highest BCUT2D eigenvalue weighted by Gasteiger charge is 2.22. The minimum absolute atomic E-state index is 0.651. The molecule has 1 atom stereocenters. The Morgan fingerprint density at radius 1 is 1.25 bits per heavy atom. The largest absolute Gasteiger partial charge is 0.294 e. The van der Waals surface area contributed by atoms with Gasteiger partial charge in [-0.2, -0.15) is 5.10 Å². The van der Waals surface area contributed by atoms with Gasteiger partial charge in [-0.1, -0.05) is 47.0 Å². The molecule has 2 aromatic rings. The van der Waals surface area contributed by atoms with E-state index in [4.69, 9.17) is 5.10 Å². The van der Waals surface area contributed by atoms with Crippen LogP contribution in [0.15, 0.2) is 24.3 Å². The summed E-state index contributed by atoms with van der Waals surface area (Å²) in [4.78, 5) is 2.61. The van der Waals surface area contributed by atoms with Gasteiger partial charge in [0, 0.05) is 30.4 Å². The number of likely N-dealkylation sites (tertiary alicyclic amines) is 1. The number of benzene rings is 1. The highest BCUT2D eigenvalue weighted by molar-refractivity contribution is 9.09. The fourth-order valence-corrected chi connectivity index (χ4v) is 3.95. The second-order valence-corrected chi connectivity index (χ2v) is 6.36. The van der Waals surface area contributed by atoms with E-state index in [9.17, 15) is 0 Å². The Kier molecular flexibility index (Phi) is 4.41. The van der Waals surface area contributed by atoms with Crippen LogP contribution in [-0.2, 0) is 13.6 Å². The third-order valence-electron chi connectivity index (χ3n) is 4.36. The van der Waals surface area contributed by atoms with Crippen LogP contribution in [0.25, 0.3) is 10.9 Å². The lowest BCUT2D eigenvalue weighted by atomic mass is 10.1. The van der Waals surface area contributed by atoms with E-state index < -0.39 is 0 Å². The number of fused-ring (bicyclic) bond motifs is 1. The van der Waals surface area contributed by atoms with E-state index in [2.05, 4.69) is 45.1 Å². The van der Waals surface area contributed by atoms with Gasteiger partial charge in [-0.15, -0.1) is 0 Å². The summed E-state index contributed by atoms with van der Waals surface area (Å²) in [5, 5.41) is 7.11. The van der Waals surface area contributed by atoms with Gasteiger partial charge in [0.25, 0.3) is 0 Å². The predicted octanol–water partition coefficient (Wildman–Crippen LogP) is 3.71. The summed E-state index contributed by atoms with van der Waals surface area (Å²) in [7, 11) is 2.04. The molecule has 0 saturated carbocycles. The molecule has 0 bridgehead atoms. The van der Waals surface area contributed by atoms with Gasteiger partial charge >= 0.3 is 0 Å². The third kappa shape index (κ3) is 2.77. The summed E-state index contributed by atoms with van der Waals surface area (Å²) in [5.41, 5.74) is 2.45. The Balaban J connectivity index is 1.87. The summed E-state index contributed by atoms with van der Waals surface area (Å²) in [6.07, 6.45) is 5.34. The predicted molar refractivity (Wildman–Crippen MR) is 87.2 cm³/mol. The van der Waals surface area contributed by atoms with E-state index in [1.807, 2.05) is 11.7 Å². The third-order valence-corrected chi connectivity index (χ3v) is 5.11. The van der Waals surface area contributed by atoms with E-state index in [-0.39, 0.29) is 0 Å². The van der Waals surface area contributed by atoms with Gasteiger partial charge in [-0.05, 0) is 25.5 Å². The van der Waals surface area contributed by atoms with Gasteiger partial charge in [0.1, 0.15) is 0 Å². The molecule has 2 heterocycles. The molecule has 1 aliphatic heterocycles. The molecule has 1 aromatic carbocycles. The van der Waals surface area contributed by atoms with Gasteiger partial charge in [0.15, 0.2) is 0 Å². The molecule has 1 fully saturated rings. The Morgan fingerprint density at radius 3 is 2.95 bits per heavy atom. The van der Waals surface area contributed by atoms with Gasteiger partial charge in [-0.25, -0.2) is 0 Å². The molecule has 20 heavy (non-hydrogen) atoms. The number of hydrogen-bond donors (Lipinski definition) is 0. The second-order valence-electron chi connectivity index (χ2n) is 5.72. The molecule has 1 saturated heterocycles. The minimum atomic E-state index is 0.651. The lowest BCUT2D eigenvalue weighted by molar-refractivity contribution is 0.207. The Morgan fingerprint density at radius 2 is 2.10 bits per heavy atom. The smallest absolute Gasteiger partial charge is 0.0843 e. The van der Waals surface area contributed by atoms with E-state index in [1.165, 1.54) is 48.8 Å². The summed E-state index contributed by atoms with van der Waals surface area (Å²) in [6, 6.07) is 9.19. The number of halogens is 1. The number of hydrogen-bond acceptors (Lipinski definition) is 2. The maximum Gasteiger partial charge on any atom is 0.0843 e. The normalized spacial score (nSPS) is 21.2. The highest BCUT2D eigenvalue weighted by Crippen LogP contribution is 2.24. The second kappa shape index (κ2) is 6.27. The van der Waals surface area contributed by atoms with Gasteiger partial charge in [0.2, 0.25) is 0 Å². The molecule has 0 amide bonds. The summed E-state index contributed by atoms with van der Waals surface area (Å²) < 4.78 is 2.01. The quantitative estimate of drug-likeness (QED) is 0.797. The molecule has 1 aliphatic rings. The molecule has 0 radical (unpaired) electrons. The van der Waals surface area contributed by atoms with Crippen LogP contribution >= 0.6 is 15.9 Å². The first-order valence-corrected chi connectivity index (χ1v) is 8.62. The maximum absolute atomic E-state index is 4.74. The topological polar surface area (TPSA) is 21.1 Å². The molecule has 0 spiro atoms. The van der Waals surface area contributed by atoms with Crippen molar-refractivity contribution in [2.24, 2.45) is 7.05 Å². The Labute approximate surface area is 129 Å². The van der Waals surface area contributed by atoms with Crippen molar-refractivity contribution in [2.45, 2.75) is 38.3 Å². The van der Waals surface area contributed by atoms with Crippen molar-refractivity contribution in [3.63, 3.8) is 0 Å². The van der Waals surface area contributed by atoms with E-state index in [1.54, 1.807) is 0 Å². The van der Waals surface area contributed by atoms with Crippen molar-refractivity contribution in [3.8, 4) is 0 Å². The molecule has 1 aromatic heterocycles. The number of para-hydroxylation sites is 1. The number of aromatic nitrogens is 2. The number of rotatable bonds is 3. The van der Waals surface area contributed by atoms with E-state index in [0.717, 1.165) is 11.9 Å². The van der Waals surface area contributed by atoms with Crippen molar-refractivity contribution in [2.75, 3.05) is 11.9 Å². The van der Waals surface area contributed by atoms with Gasteiger partial charge in [-0.3, -0.25) is 9.58 Å². The molecule has 0 aliphatic carbocycles. The van der Waals surface area contributed by atoms with Crippen LogP contribution in [0.3, 0.4) is 0 Å². The number of alkyl halides is 1. The van der Waals surface area contributed by atoms with Gasteiger partial charge < -0.3 is 0 Å². The molecule has 4 heteroatoms. The molecule has 3 nitrogen and oxygen atoms in total. The van der Waals surface area contributed by atoms with Crippen molar-refractivity contribution in [1.82, 2.24) is 14.7 Å². The van der Waals surface area contributed by atoms with Crippen LogP contribution in [0.2, 0.25) is 0 Å². The van der Waals surface area contributed by atoms with Crippen LogP contribution in [0, 0.1) is 0 Å². The van der Waals surface area contributed by atoms with Crippen LogP contribution in [0.1, 0.15) is 31.4 Å². The molecule has 0 N–H and O–H groups in total. The van der Waals surface area contributed by atoms with Crippen LogP contribution in [0.4, 0.5) is 0 Å². The zero-order valence-electron chi connectivity index (χ0n) is 12.1. The van der Waals surface area contributed by atoms with Gasteiger partial charge in [0.05, 0.1) is 11.2 Å². The summed E-state index contributed by atoms with van der Waals surface area (Å²) >= 11 is 3.69. The van der Waals surface area contributed by atoms with Crippen molar-refractivity contribution in [3.05, 3.63) is 30.0 Å². The maximum atomic E-state index is 4.74. The summed E-state index contributed by atoms with van der Waals surface area (Å²) in [6.45, 7) is 2.17. The number of nitrogens with zero attached hydrogens (tertiary/aromatic N) is 3. The van der Waals surface area contributed by atoms with E-state index in [0.29, 0.717) is 6.04 Å². The molecule has 108 valence electrons. The zero-order chi connectivity index (χ0) is 13.9. The fraction of sp³-hybridized carbons (Fsp3) is 0.562. The molecule has 1 unspecified atom stereocenters. The summed E-state index contributed by atoms with van der Waals surface area (Å²) in [5.74, 6) is 0. The van der Waals surface area contributed by atoms with E-state index >= 15 is 0 Å². The van der Waals surface area contributed by atoms with Crippen molar-refractivity contribution < 1.29 is 0 Å². The zero-order valence-corrected chi connectivity index (χ0v) is 13.6. The Hall–Kier alpha value is -0.870. The Bertz CT molecular complexity index is 578. The van der Waals surface area contributed by atoms with Crippen LogP contribution in [-0.4, -0.2) is 32.6 Å². The number of aryl methyl sites for hydroxylation is 1. The SMILES string of the molecule is Cn1nc(CN2CCCCCC2CBr)c2ccccc21.